The molecule has 13 heteroatoms. The Balaban J connectivity index is 1.34. The summed E-state index contributed by atoms with van der Waals surface area (Å²) in [6.07, 6.45) is 1.24. The third kappa shape index (κ3) is 6.59. The number of aromatic nitrogens is 1. The Morgan fingerprint density at radius 3 is 2.73 bits per heavy atom. The average Bonchev–Trinajstić information content (AvgIpc) is 3.39. The monoisotopic (exact) mass is 531 g/mol. The van der Waals surface area contributed by atoms with Gasteiger partial charge in [-0.25, -0.2) is 5.01 Å². The van der Waals surface area contributed by atoms with Crippen LogP contribution in [-0.2, 0) is 16.5 Å². The summed E-state index contributed by atoms with van der Waals surface area (Å²) >= 11 is 0. The lowest BCUT2D eigenvalue weighted by atomic mass is 9.88. The molecule has 0 saturated carbocycles. The summed E-state index contributed by atoms with van der Waals surface area (Å²) in [6.45, 7) is 3.54. The maximum atomic E-state index is 12.9. The molecule has 0 radical (unpaired) electrons. The zero-order chi connectivity index (χ0) is 26.2. The topological polar surface area (TPSA) is 96.0 Å². The summed E-state index contributed by atoms with van der Waals surface area (Å²) < 4.78 is 58.5. The van der Waals surface area contributed by atoms with Crippen LogP contribution in [-0.4, -0.2) is 92.6 Å². The molecule has 5 rings (SSSR count). The van der Waals surface area contributed by atoms with Crippen LogP contribution in [0.3, 0.4) is 0 Å². The van der Waals surface area contributed by atoms with Crippen LogP contribution in [0.15, 0.2) is 12.4 Å². The first-order chi connectivity index (χ1) is 17.7. The molecule has 4 aliphatic heterocycles. The highest BCUT2D eigenvalue weighted by Gasteiger charge is 2.42. The largest absolute Gasteiger partial charge is 0.482 e. The molecule has 4 bridgehead atoms. The predicted molar refractivity (Wildman–Crippen MR) is 131 cm³/mol. The fourth-order valence-corrected chi connectivity index (χ4v) is 5.96. The highest BCUT2D eigenvalue weighted by atomic mass is 19.4. The number of hydrogen-bond acceptors (Lipinski definition) is 9. The normalized spacial score (nSPS) is 38.1. The average molecular weight is 532 g/mol. The first kappa shape index (κ1) is 27.1. The van der Waals surface area contributed by atoms with Crippen molar-refractivity contribution in [1.82, 2.24) is 36.3 Å². The van der Waals surface area contributed by atoms with Gasteiger partial charge in [0.05, 0.1) is 37.3 Å². The molecular weight excluding hydrogens is 491 g/mol. The van der Waals surface area contributed by atoms with E-state index >= 15 is 0 Å². The molecule has 1 aromatic heterocycles. The number of hydrogen-bond donors (Lipinski definition) is 5. The Labute approximate surface area is 215 Å². The van der Waals surface area contributed by atoms with Gasteiger partial charge in [-0.15, -0.1) is 0 Å². The fraction of sp³-hybridized carbons (Fsp3) is 0.833. The van der Waals surface area contributed by atoms with Gasteiger partial charge in [0.2, 0.25) is 0 Å². The van der Waals surface area contributed by atoms with Crippen molar-refractivity contribution < 1.29 is 27.4 Å². The number of fused-ring (bicyclic) bond motifs is 6. The maximum Gasteiger partial charge on any atom is 0.422 e. The van der Waals surface area contributed by atoms with Gasteiger partial charge in [0, 0.05) is 63.4 Å². The summed E-state index contributed by atoms with van der Waals surface area (Å²) in [7, 11) is 3.80. The first-order valence-electron chi connectivity index (χ1n) is 13.2. The van der Waals surface area contributed by atoms with E-state index in [0.29, 0.717) is 26.0 Å². The van der Waals surface area contributed by atoms with Crippen molar-refractivity contribution in [3.63, 3.8) is 0 Å². The molecule has 5 heterocycles. The molecule has 7 unspecified atom stereocenters. The van der Waals surface area contributed by atoms with E-state index in [9.17, 15) is 13.2 Å². The third-order valence-electron chi connectivity index (χ3n) is 7.79. The number of aryl methyl sites for hydroxylation is 1. The Morgan fingerprint density at radius 1 is 1.08 bits per heavy atom. The number of nitrogens with one attached hydrogen (secondary N) is 5. The minimum absolute atomic E-state index is 0.00678. The van der Waals surface area contributed by atoms with Crippen LogP contribution in [0.25, 0.3) is 0 Å². The second kappa shape index (κ2) is 11.3. The second-order valence-electron chi connectivity index (χ2n) is 10.7. The lowest BCUT2D eigenvalue weighted by Crippen LogP contribution is -2.66. The quantitative estimate of drug-likeness (QED) is 0.388. The molecule has 5 N–H and O–H groups in total. The van der Waals surface area contributed by atoms with Crippen molar-refractivity contribution >= 4 is 0 Å². The van der Waals surface area contributed by atoms with E-state index in [2.05, 4.69) is 26.7 Å². The van der Waals surface area contributed by atoms with Crippen LogP contribution < -0.4 is 31.4 Å². The van der Waals surface area contributed by atoms with Crippen molar-refractivity contribution in [2.75, 3.05) is 39.9 Å². The SMILES string of the molecule is C[C@H]1CCOC2C(CNN2C)C2NCCC(NC3CC(O1)C(c1cn(C)cc1OCC(F)(F)F)CN3)N2. The van der Waals surface area contributed by atoms with Crippen LogP contribution in [0.2, 0.25) is 0 Å². The smallest absolute Gasteiger partial charge is 0.422 e. The van der Waals surface area contributed by atoms with Crippen molar-refractivity contribution in [3.8, 4) is 5.75 Å². The molecule has 8 atom stereocenters. The van der Waals surface area contributed by atoms with E-state index < -0.39 is 12.8 Å². The van der Waals surface area contributed by atoms with Gasteiger partial charge in [-0.1, -0.05) is 0 Å². The molecule has 10 nitrogen and oxygen atoms in total. The van der Waals surface area contributed by atoms with E-state index in [1.54, 1.807) is 17.8 Å². The van der Waals surface area contributed by atoms with Crippen molar-refractivity contribution in [2.45, 2.75) is 75.2 Å². The third-order valence-corrected chi connectivity index (χ3v) is 7.79. The number of ether oxygens (including phenoxy) is 3. The highest BCUT2D eigenvalue weighted by Crippen LogP contribution is 2.36. The minimum atomic E-state index is -4.40. The van der Waals surface area contributed by atoms with Gasteiger partial charge in [-0.2, -0.15) is 13.2 Å². The molecular formula is C24H40F3N7O3. The van der Waals surface area contributed by atoms with E-state index in [4.69, 9.17) is 14.2 Å². The van der Waals surface area contributed by atoms with Crippen molar-refractivity contribution in [1.29, 1.82) is 0 Å². The minimum Gasteiger partial charge on any atom is -0.482 e. The van der Waals surface area contributed by atoms with Crippen molar-refractivity contribution in [2.24, 2.45) is 13.0 Å². The van der Waals surface area contributed by atoms with Gasteiger partial charge in [0.1, 0.15) is 12.0 Å². The molecule has 4 saturated heterocycles. The zero-order valence-electron chi connectivity index (χ0n) is 21.7. The summed E-state index contributed by atoms with van der Waals surface area (Å²) in [5.74, 6) is 0.350. The Bertz CT molecular complexity index is 903. The molecule has 4 fully saturated rings. The predicted octanol–water partition coefficient (Wildman–Crippen LogP) is 0.780. The summed E-state index contributed by atoms with van der Waals surface area (Å²) in [6, 6.07) is 0. The Kier molecular flexibility index (Phi) is 8.32. The molecule has 4 aliphatic rings. The molecule has 0 spiro atoms. The maximum absolute atomic E-state index is 12.9. The van der Waals surface area contributed by atoms with E-state index in [1.165, 1.54) is 0 Å². The molecule has 210 valence electrons. The number of hydrazine groups is 1. The molecule has 0 aliphatic carbocycles. The Hall–Kier alpha value is -1.45. The molecule has 0 aromatic carbocycles. The fourth-order valence-electron chi connectivity index (χ4n) is 5.96. The van der Waals surface area contributed by atoms with Gasteiger partial charge < -0.3 is 29.4 Å². The van der Waals surface area contributed by atoms with Crippen LogP contribution >= 0.6 is 0 Å². The lowest BCUT2D eigenvalue weighted by Gasteiger charge is -2.43. The summed E-state index contributed by atoms with van der Waals surface area (Å²) in [4.78, 5) is 0. The number of rotatable bonds is 3. The second-order valence-corrected chi connectivity index (χ2v) is 10.7. The van der Waals surface area contributed by atoms with Gasteiger partial charge in [-0.3, -0.25) is 16.1 Å². The first-order valence-corrected chi connectivity index (χ1v) is 13.2. The van der Waals surface area contributed by atoms with Crippen LogP contribution in [0, 0.1) is 5.92 Å². The standard InChI is InChI=1S/C24H40F3N7O3/c1-14-5-7-35-23-16(10-30-34(23)3)22-28-6-4-20(32-22)31-21-8-18(37-14)15(9-29-21)17-11-33(2)12-19(17)36-13-24(25,26)27/h11-12,14-16,18,20-23,28-32H,4-10,13H2,1-3H3/t14-,15?,16?,18?,20?,21?,22?,23?/m0/s1. The molecule has 37 heavy (non-hydrogen) atoms. The number of alkyl halides is 3. The van der Waals surface area contributed by atoms with Crippen LogP contribution in [0.5, 0.6) is 5.75 Å². The lowest BCUT2D eigenvalue weighted by molar-refractivity contribution is -0.153. The number of piperidine rings is 1. The Morgan fingerprint density at radius 2 is 1.92 bits per heavy atom. The van der Waals surface area contributed by atoms with E-state index in [0.717, 1.165) is 25.1 Å². The number of nitrogens with zero attached hydrogens (tertiary/aromatic N) is 2. The number of halogens is 3. The van der Waals surface area contributed by atoms with Gasteiger partial charge >= 0.3 is 6.18 Å². The highest BCUT2D eigenvalue weighted by molar-refractivity contribution is 5.36. The summed E-state index contributed by atoms with van der Waals surface area (Å²) in [5.41, 5.74) is 4.13. The molecule has 1 aromatic rings. The van der Waals surface area contributed by atoms with Gasteiger partial charge in [-0.05, 0) is 26.3 Å². The van der Waals surface area contributed by atoms with E-state index in [-0.39, 0.29) is 54.5 Å². The molecule has 0 amide bonds. The van der Waals surface area contributed by atoms with E-state index in [1.807, 2.05) is 25.2 Å². The van der Waals surface area contributed by atoms with Crippen LogP contribution in [0.1, 0.15) is 37.7 Å². The zero-order valence-corrected chi connectivity index (χ0v) is 21.7. The van der Waals surface area contributed by atoms with Crippen molar-refractivity contribution in [3.05, 3.63) is 18.0 Å². The van der Waals surface area contributed by atoms with Gasteiger partial charge in [0.15, 0.2) is 6.61 Å². The summed E-state index contributed by atoms with van der Waals surface area (Å²) in [5, 5.41) is 16.6. The van der Waals surface area contributed by atoms with Crippen LogP contribution in [0.4, 0.5) is 13.2 Å². The van der Waals surface area contributed by atoms with Gasteiger partial charge in [0.25, 0.3) is 0 Å².